The zero-order chi connectivity index (χ0) is 31.2. The predicted molar refractivity (Wildman–Crippen MR) is 167 cm³/mol. The van der Waals surface area contributed by atoms with E-state index < -0.39 is 30.1 Å². The highest BCUT2D eigenvalue weighted by Gasteiger charge is 2.31. The van der Waals surface area contributed by atoms with E-state index in [0.29, 0.717) is 17.2 Å². The average Bonchev–Trinajstić information content (AvgIpc) is 3.69. The Morgan fingerprint density at radius 1 is 0.867 bits per heavy atom. The molecular weight excluding hydrogens is 574 g/mol. The summed E-state index contributed by atoms with van der Waals surface area (Å²) in [6.07, 6.45) is 4.81. The molecule has 2 aliphatic rings. The minimum atomic E-state index is -1.07. The van der Waals surface area contributed by atoms with Crippen LogP contribution in [0.15, 0.2) is 91.1 Å². The van der Waals surface area contributed by atoms with Crippen LogP contribution in [0.1, 0.15) is 36.9 Å². The van der Waals surface area contributed by atoms with Gasteiger partial charge in [0.2, 0.25) is 12.7 Å². The van der Waals surface area contributed by atoms with Gasteiger partial charge in [-0.25, -0.2) is 0 Å². The normalized spacial score (nSPS) is 23.3. The molecule has 3 aromatic carbocycles. The molecule has 4 aromatic rings. The molecule has 4 atom stereocenters. The molecule has 45 heavy (non-hydrogen) atoms. The van der Waals surface area contributed by atoms with Crippen LogP contribution in [0.5, 0.6) is 17.2 Å². The van der Waals surface area contributed by atoms with Crippen molar-refractivity contribution in [2.75, 3.05) is 13.4 Å². The van der Waals surface area contributed by atoms with E-state index in [0.717, 1.165) is 22.0 Å². The number of aromatic nitrogens is 1. The zero-order valence-electron chi connectivity index (χ0n) is 24.9. The van der Waals surface area contributed by atoms with Gasteiger partial charge in [0.05, 0.1) is 19.1 Å². The number of esters is 1. The highest BCUT2D eigenvalue weighted by atomic mass is 16.7. The number of H-pyrrole nitrogens is 1. The Kier molecular flexibility index (Phi) is 9.00. The second-order valence-corrected chi connectivity index (χ2v) is 11.1. The Morgan fingerprint density at radius 2 is 1.67 bits per heavy atom. The number of hydrogen-bond donors (Lipinski definition) is 3. The largest absolute Gasteiger partial charge is 0.480 e. The van der Waals surface area contributed by atoms with E-state index in [1.54, 1.807) is 24.3 Å². The van der Waals surface area contributed by atoms with E-state index in [1.807, 2.05) is 73.8 Å². The number of carbonyl (C=O) groups is 3. The Morgan fingerprint density at radius 3 is 2.53 bits per heavy atom. The van der Waals surface area contributed by atoms with E-state index >= 15 is 0 Å². The minimum Gasteiger partial charge on any atom is -0.480 e. The molecule has 3 heterocycles. The quantitative estimate of drug-likeness (QED) is 0.220. The van der Waals surface area contributed by atoms with Crippen LogP contribution in [0.4, 0.5) is 0 Å². The number of rotatable bonds is 5. The van der Waals surface area contributed by atoms with Crippen LogP contribution < -0.4 is 24.8 Å². The van der Waals surface area contributed by atoms with Gasteiger partial charge in [-0.05, 0) is 35.2 Å². The van der Waals surface area contributed by atoms with Crippen LogP contribution in [0.2, 0.25) is 0 Å². The Hall–Kier alpha value is -5.25. The third-order valence-corrected chi connectivity index (χ3v) is 8.00. The maximum Gasteiger partial charge on any atom is 0.309 e. The summed E-state index contributed by atoms with van der Waals surface area (Å²) < 4.78 is 22.4. The lowest BCUT2D eigenvalue weighted by Gasteiger charge is -2.28. The van der Waals surface area contributed by atoms with Crippen LogP contribution >= 0.6 is 0 Å². The lowest BCUT2D eigenvalue weighted by Crippen LogP contribution is -2.52. The molecule has 0 fully saturated rings. The van der Waals surface area contributed by atoms with E-state index in [-0.39, 0.29) is 44.5 Å². The standard InChI is InChI=1S/C35H35N3O7/c1-22-8-7-13-32(39)42-17-16-30(45-25-14-15-29-31(19-25)44-21-43-29)35(41)37-28(18-24-20-36-27-12-6-5-11-26(24)27)34(40)38-33(22)23-9-3-2-4-10-23/h2-12,14-15,19-20,22,28,30,33,36H,13,16-18,21H2,1H3,(H,37,41)(H,38,40)/b8-7+/t22-,28-,30?,33+/m0/s1. The van der Waals surface area contributed by atoms with Crippen molar-refractivity contribution >= 4 is 28.7 Å². The van der Waals surface area contributed by atoms with E-state index in [4.69, 9.17) is 18.9 Å². The van der Waals surface area contributed by atoms with Gasteiger partial charge in [-0.3, -0.25) is 14.4 Å². The van der Waals surface area contributed by atoms with Gasteiger partial charge in [-0.1, -0.05) is 67.6 Å². The first-order valence-electron chi connectivity index (χ1n) is 15.0. The molecule has 10 heteroatoms. The molecule has 232 valence electrons. The maximum absolute atomic E-state index is 14.1. The minimum absolute atomic E-state index is 0.0448. The van der Waals surface area contributed by atoms with Crippen molar-refractivity contribution in [3.63, 3.8) is 0 Å². The van der Waals surface area contributed by atoms with Gasteiger partial charge in [0.25, 0.3) is 5.91 Å². The first-order valence-corrected chi connectivity index (χ1v) is 15.0. The summed E-state index contributed by atoms with van der Waals surface area (Å²) in [5.74, 6) is 0.0123. The first-order chi connectivity index (χ1) is 21.9. The fraction of sp³-hybridized carbons (Fsp3) is 0.286. The molecule has 0 aliphatic carbocycles. The molecule has 0 bridgehead atoms. The summed E-state index contributed by atoms with van der Waals surface area (Å²) in [4.78, 5) is 43.8. The number of amides is 2. The highest BCUT2D eigenvalue weighted by molar-refractivity contribution is 5.91. The summed E-state index contributed by atoms with van der Waals surface area (Å²) >= 11 is 0. The fourth-order valence-electron chi connectivity index (χ4n) is 5.61. The van der Waals surface area contributed by atoms with Crippen molar-refractivity contribution < 1.29 is 33.3 Å². The van der Waals surface area contributed by atoms with Gasteiger partial charge in [0, 0.05) is 36.0 Å². The van der Waals surface area contributed by atoms with Gasteiger partial charge in [-0.15, -0.1) is 0 Å². The van der Waals surface area contributed by atoms with Crippen LogP contribution in [0.3, 0.4) is 0 Å². The number of aromatic amines is 1. The van der Waals surface area contributed by atoms with Crippen molar-refractivity contribution in [1.82, 2.24) is 15.6 Å². The molecular formula is C35H35N3O7. The van der Waals surface area contributed by atoms with Crippen LogP contribution in [0, 0.1) is 5.92 Å². The van der Waals surface area contributed by atoms with Gasteiger partial charge >= 0.3 is 5.97 Å². The van der Waals surface area contributed by atoms with Gasteiger partial charge < -0.3 is 34.6 Å². The van der Waals surface area contributed by atoms with E-state index in [9.17, 15) is 14.4 Å². The molecule has 6 rings (SSSR count). The lowest BCUT2D eigenvalue weighted by atomic mass is 9.93. The van der Waals surface area contributed by atoms with Crippen molar-refractivity contribution in [3.05, 3.63) is 102 Å². The smallest absolute Gasteiger partial charge is 0.309 e. The van der Waals surface area contributed by atoms with Crippen molar-refractivity contribution in [2.24, 2.45) is 5.92 Å². The number of fused-ring (bicyclic) bond motifs is 2. The first kappa shape index (κ1) is 29.8. The summed E-state index contributed by atoms with van der Waals surface area (Å²) in [5.41, 5.74) is 2.72. The third kappa shape index (κ3) is 7.12. The van der Waals surface area contributed by atoms with Crippen LogP contribution in [-0.2, 0) is 25.5 Å². The van der Waals surface area contributed by atoms with Gasteiger partial charge in [0.1, 0.15) is 11.8 Å². The van der Waals surface area contributed by atoms with Crippen LogP contribution in [0.25, 0.3) is 10.9 Å². The predicted octanol–water partition coefficient (Wildman–Crippen LogP) is 4.76. The molecule has 2 amide bonds. The van der Waals surface area contributed by atoms with Crippen molar-refractivity contribution in [1.29, 1.82) is 0 Å². The maximum atomic E-state index is 14.1. The molecule has 0 saturated heterocycles. The fourth-order valence-corrected chi connectivity index (χ4v) is 5.61. The van der Waals surface area contributed by atoms with Gasteiger partial charge in [-0.2, -0.15) is 0 Å². The van der Waals surface area contributed by atoms with E-state index in [1.165, 1.54) is 0 Å². The number of ether oxygens (including phenoxy) is 4. The lowest BCUT2D eigenvalue weighted by molar-refractivity contribution is -0.144. The third-order valence-electron chi connectivity index (χ3n) is 8.00. The monoisotopic (exact) mass is 609 g/mol. The second-order valence-electron chi connectivity index (χ2n) is 11.1. The Balaban J connectivity index is 1.32. The zero-order valence-corrected chi connectivity index (χ0v) is 24.9. The highest BCUT2D eigenvalue weighted by Crippen LogP contribution is 2.35. The molecule has 1 unspecified atom stereocenters. The summed E-state index contributed by atoms with van der Waals surface area (Å²) in [5, 5.41) is 7.11. The Bertz CT molecular complexity index is 1700. The molecule has 2 aliphatic heterocycles. The second kappa shape index (κ2) is 13.6. The average molecular weight is 610 g/mol. The number of benzene rings is 3. The van der Waals surface area contributed by atoms with E-state index in [2.05, 4.69) is 15.6 Å². The summed E-state index contributed by atoms with van der Waals surface area (Å²) in [6.45, 7) is 2.03. The number of nitrogens with one attached hydrogen (secondary N) is 3. The number of cyclic esters (lactones) is 1. The van der Waals surface area contributed by atoms with Crippen LogP contribution in [-0.4, -0.2) is 48.3 Å². The molecule has 0 saturated carbocycles. The topological polar surface area (TPSA) is 128 Å². The number of hydrogen-bond acceptors (Lipinski definition) is 7. The molecule has 10 nitrogen and oxygen atoms in total. The van der Waals surface area contributed by atoms with Gasteiger partial charge in [0.15, 0.2) is 17.6 Å². The molecule has 0 radical (unpaired) electrons. The molecule has 0 spiro atoms. The Labute approximate surface area is 260 Å². The summed E-state index contributed by atoms with van der Waals surface area (Å²) in [7, 11) is 0. The van der Waals surface area contributed by atoms with Crippen molar-refractivity contribution in [3.8, 4) is 17.2 Å². The number of carbonyl (C=O) groups excluding carboxylic acids is 3. The summed E-state index contributed by atoms with van der Waals surface area (Å²) in [6, 6.07) is 21.1. The molecule has 1 aromatic heterocycles. The number of para-hydroxylation sites is 1. The van der Waals surface area contributed by atoms with Crippen molar-refractivity contribution in [2.45, 2.75) is 44.4 Å². The molecule has 3 N–H and O–H groups in total. The SMILES string of the molecule is C[C@H]1/C=C/CC(=O)OCCC(Oc2ccc3c(c2)OCO3)C(=O)N[C@@H](Cc2c[nH]c3ccccc23)C(=O)N[C@H]1c1ccccc1.